The number of nitrogens with zero attached hydrogens (tertiary/aromatic N) is 2. The van der Waals surface area contributed by atoms with Crippen LogP contribution in [0.1, 0.15) is 19.3 Å². The predicted molar refractivity (Wildman–Crippen MR) is 81.1 cm³/mol. The molecule has 1 N–H and O–H groups in total. The maximum absolute atomic E-state index is 12.0. The van der Waals surface area contributed by atoms with Crippen LogP contribution in [-0.2, 0) is 14.6 Å². The number of amides is 1. The average molecular weight is 309 g/mol. The van der Waals surface area contributed by atoms with Gasteiger partial charge >= 0.3 is 0 Å². The topological polar surface area (TPSA) is 79.4 Å². The molecule has 0 saturated carbocycles. The molecule has 0 bridgehead atoms. The molecule has 1 aromatic rings. The van der Waals surface area contributed by atoms with Gasteiger partial charge in [0.2, 0.25) is 5.91 Å². The lowest BCUT2D eigenvalue weighted by atomic mass is 10.1. The monoisotopic (exact) mass is 309 g/mol. The van der Waals surface area contributed by atoms with E-state index in [0.29, 0.717) is 12.1 Å². The summed E-state index contributed by atoms with van der Waals surface area (Å²) in [6, 6.07) is 3.72. The molecule has 3 heterocycles. The van der Waals surface area contributed by atoms with Crippen molar-refractivity contribution in [2.45, 2.75) is 19.3 Å². The molecule has 7 heteroatoms. The first-order valence-electron chi connectivity index (χ1n) is 7.26. The Hall–Kier alpha value is -1.63. The Morgan fingerprint density at radius 3 is 2.62 bits per heavy atom. The fourth-order valence-corrected chi connectivity index (χ4v) is 4.58. The Bertz CT molecular complexity index is 621. The summed E-state index contributed by atoms with van der Waals surface area (Å²) in [4.78, 5) is 18.6. The molecule has 2 aliphatic rings. The zero-order chi connectivity index (χ0) is 14.9. The summed E-state index contributed by atoms with van der Waals surface area (Å²) in [5.74, 6) is 0.323. The number of hydrogen-bond donors (Lipinski definition) is 1. The number of nitrogens with one attached hydrogen (secondary N) is 1. The lowest BCUT2D eigenvalue weighted by molar-refractivity contribution is -0.119. The molecule has 3 rings (SSSR count). The highest BCUT2D eigenvalue weighted by Gasteiger charge is 2.32. The van der Waals surface area contributed by atoms with E-state index in [-0.39, 0.29) is 17.4 Å². The molecule has 0 aromatic carbocycles. The van der Waals surface area contributed by atoms with Crippen molar-refractivity contribution in [3.05, 3.63) is 18.3 Å². The van der Waals surface area contributed by atoms with Crippen LogP contribution in [0.2, 0.25) is 0 Å². The first-order valence-corrected chi connectivity index (χ1v) is 9.08. The third-order valence-corrected chi connectivity index (χ3v) is 5.82. The fourth-order valence-electron chi connectivity index (χ4n) is 2.84. The van der Waals surface area contributed by atoms with Crippen LogP contribution in [0, 0.1) is 5.92 Å². The van der Waals surface area contributed by atoms with E-state index in [2.05, 4.69) is 15.2 Å². The Balaban J connectivity index is 1.61. The van der Waals surface area contributed by atoms with E-state index in [1.807, 2.05) is 12.1 Å². The predicted octanol–water partition coefficient (Wildman–Crippen LogP) is 1.05. The number of aromatic nitrogens is 1. The van der Waals surface area contributed by atoms with E-state index < -0.39 is 15.8 Å². The smallest absolute Gasteiger partial charge is 0.228 e. The van der Waals surface area contributed by atoms with Crippen LogP contribution in [0.3, 0.4) is 0 Å². The summed E-state index contributed by atoms with van der Waals surface area (Å²) in [5.41, 5.74) is 0.618. The molecule has 0 unspecified atom stereocenters. The van der Waals surface area contributed by atoms with Gasteiger partial charge < -0.3 is 10.2 Å². The maximum atomic E-state index is 12.0. The second-order valence-corrected chi connectivity index (χ2v) is 7.92. The van der Waals surface area contributed by atoms with Crippen LogP contribution in [0.25, 0.3) is 0 Å². The van der Waals surface area contributed by atoms with Gasteiger partial charge in [-0.05, 0) is 31.4 Å². The standard InChI is InChI=1S/C14H19N3O3S/c18-14(11-5-8-21(19,20)10-11)16-12-3-4-13(15-9-12)17-6-1-2-7-17/h3-4,9,11H,1-2,5-8,10H2,(H,16,18)/t11-/m0/s1. The zero-order valence-electron chi connectivity index (χ0n) is 11.8. The van der Waals surface area contributed by atoms with Crippen LogP contribution >= 0.6 is 0 Å². The van der Waals surface area contributed by atoms with Crippen molar-refractivity contribution in [3.8, 4) is 0 Å². The van der Waals surface area contributed by atoms with Gasteiger partial charge in [-0.2, -0.15) is 0 Å². The SMILES string of the molecule is O=C(Nc1ccc(N2CCCC2)nc1)[C@H]1CCS(=O)(=O)C1. The molecule has 2 fully saturated rings. The third kappa shape index (κ3) is 3.34. The number of hydrogen-bond acceptors (Lipinski definition) is 5. The van der Waals surface area contributed by atoms with Gasteiger partial charge in [-0.15, -0.1) is 0 Å². The highest BCUT2D eigenvalue weighted by molar-refractivity contribution is 7.91. The zero-order valence-corrected chi connectivity index (χ0v) is 12.6. The highest BCUT2D eigenvalue weighted by atomic mass is 32.2. The molecule has 21 heavy (non-hydrogen) atoms. The van der Waals surface area contributed by atoms with E-state index >= 15 is 0 Å². The van der Waals surface area contributed by atoms with Gasteiger partial charge in [0.05, 0.1) is 29.3 Å². The van der Waals surface area contributed by atoms with Gasteiger partial charge in [0, 0.05) is 13.1 Å². The fraction of sp³-hybridized carbons (Fsp3) is 0.571. The number of anilines is 2. The molecule has 114 valence electrons. The number of rotatable bonds is 3. The van der Waals surface area contributed by atoms with E-state index in [4.69, 9.17) is 0 Å². The second-order valence-electron chi connectivity index (χ2n) is 5.69. The lowest BCUT2D eigenvalue weighted by Gasteiger charge is -2.16. The van der Waals surface area contributed by atoms with Gasteiger partial charge in [-0.1, -0.05) is 0 Å². The van der Waals surface area contributed by atoms with Crippen LogP contribution in [0.15, 0.2) is 18.3 Å². The van der Waals surface area contributed by atoms with E-state index in [1.54, 1.807) is 6.20 Å². The molecular weight excluding hydrogens is 290 g/mol. The van der Waals surface area contributed by atoms with Crippen LogP contribution in [0.5, 0.6) is 0 Å². The summed E-state index contributed by atoms with van der Waals surface area (Å²) < 4.78 is 22.8. The van der Waals surface area contributed by atoms with E-state index in [9.17, 15) is 13.2 Å². The van der Waals surface area contributed by atoms with Crippen molar-refractivity contribution in [1.82, 2.24) is 4.98 Å². The van der Waals surface area contributed by atoms with E-state index in [1.165, 1.54) is 12.8 Å². The summed E-state index contributed by atoms with van der Waals surface area (Å²) in [5, 5.41) is 2.76. The molecule has 0 radical (unpaired) electrons. The molecule has 6 nitrogen and oxygen atoms in total. The largest absolute Gasteiger partial charge is 0.357 e. The van der Waals surface area contributed by atoms with Crippen LogP contribution < -0.4 is 10.2 Å². The Labute approximate surface area is 124 Å². The minimum absolute atomic E-state index is 0.0435. The molecule has 1 amide bonds. The van der Waals surface area contributed by atoms with Gasteiger partial charge in [0.25, 0.3) is 0 Å². The third-order valence-electron chi connectivity index (χ3n) is 4.05. The Morgan fingerprint density at radius 1 is 1.29 bits per heavy atom. The normalized spacial score (nSPS) is 24.2. The van der Waals surface area contributed by atoms with Crippen molar-refractivity contribution in [1.29, 1.82) is 0 Å². The number of pyridine rings is 1. The summed E-state index contributed by atoms with van der Waals surface area (Å²) >= 11 is 0. The second kappa shape index (κ2) is 5.63. The molecule has 2 saturated heterocycles. The molecule has 2 aliphatic heterocycles. The molecular formula is C14H19N3O3S. The van der Waals surface area contributed by atoms with E-state index in [0.717, 1.165) is 18.9 Å². The van der Waals surface area contributed by atoms with Gasteiger partial charge in [0.15, 0.2) is 9.84 Å². The maximum Gasteiger partial charge on any atom is 0.228 e. The average Bonchev–Trinajstić information content (AvgIpc) is 3.09. The van der Waals surface area contributed by atoms with Crippen molar-refractivity contribution < 1.29 is 13.2 Å². The van der Waals surface area contributed by atoms with Crippen LogP contribution in [0.4, 0.5) is 11.5 Å². The van der Waals surface area contributed by atoms with Crippen molar-refractivity contribution in [3.63, 3.8) is 0 Å². The van der Waals surface area contributed by atoms with Gasteiger partial charge in [-0.25, -0.2) is 13.4 Å². The van der Waals surface area contributed by atoms with Gasteiger partial charge in [-0.3, -0.25) is 4.79 Å². The van der Waals surface area contributed by atoms with Crippen LogP contribution in [-0.4, -0.2) is 43.9 Å². The summed E-state index contributed by atoms with van der Waals surface area (Å²) in [7, 11) is -3.03. The van der Waals surface area contributed by atoms with Crippen molar-refractivity contribution >= 4 is 27.2 Å². The summed E-state index contributed by atoms with van der Waals surface area (Å²) in [6.45, 7) is 2.05. The first kappa shape index (κ1) is 14.3. The molecule has 0 aliphatic carbocycles. The highest BCUT2D eigenvalue weighted by Crippen LogP contribution is 2.22. The lowest BCUT2D eigenvalue weighted by Crippen LogP contribution is -2.24. The molecule has 0 spiro atoms. The number of carbonyl (C=O) groups is 1. The Morgan fingerprint density at radius 2 is 2.05 bits per heavy atom. The van der Waals surface area contributed by atoms with Gasteiger partial charge in [0.1, 0.15) is 5.82 Å². The van der Waals surface area contributed by atoms with Crippen molar-refractivity contribution in [2.75, 3.05) is 34.8 Å². The molecule has 1 aromatic heterocycles. The first-order chi connectivity index (χ1) is 10.0. The quantitative estimate of drug-likeness (QED) is 0.903. The summed E-state index contributed by atoms with van der Waals surface area (Å²) in [6.07, 6.45) is 4.43. The van der Waals surface area contributed by atoms with Crippen molar-refractivity contribution in [2.24, 2.45) is 5.92 Å². The Kier molecular flexibility index (Phi) is 3.84. The minimum Gasteiger partial charge on any atom is -0.357 e. The minimum atomic E-state index is -3.03. The number of sulfone groups is 1. The number of carbonyl (C=O) groups excluding carboxylic acids is 1. The molecule has 1 atom stereocenters.